The zero-order chi connectivity index (χ0) is 19.4. The summed E-state index contributed by atoms with van der Waals surface area (Å²) in [6, 6.07) is 0.0426. The van der Waals surface area contributed by atoms with Gasteiger partial charge < -0.3 is 19.6 Å². The number of piperazine rings is 1. The Morgan fingerprint density at radius 1 is 1.15 bits per heavy atom. The third kappa shape index (κ3) is 5.33. The Hall–Kier alpha value is -1.38. The molecule has 0 saturated carbocycles. The predicted octanol–water partition coefficient (Wildman–Crippen LogP) is 0.977. The predicted molar refractivity (Wildman–Crippen MR) is 102 cm³/mol. The van der Waals surface area contributed by atoms with Crippen LogP contribution in [0, 0.1) is 5.92 Å². The lowest BCUT2D eigenvalue weighted by Gasteiger charge is -2.37. The minimum Gasteiger partial charge on any atom is -0.480 e. The molecule has 0 aromatic heterocycles. The van der Waals surface area contributed by atoms with E-state index in [4.69, 9.17) is 9.84 Å². The second kappa shape index (κ2) is 9.21. The van der Waals surface area contributed by atoms with Crippen LogP contribution in [0.1, 0.15) is 32.6 Å². The molecule has 0 aromatic carbocycles. The molecule has 3 rings (SSSR count). The Morgan fingerprint density at radius 3 is 2.44 bits per heavy atom. The number of likely N-dealkylation sites (tertiary alicyclic amines) is 1. The van der Waals surface area contributed by atoms with Crippen LogP contribution in [0.2, 0.25) is 0 Å². The number of piperidine rings is 1. The van der Waals surface area contributed by atoms with E-state index in [1.165, 1.54) is 32.4 Å². The fraction of sp³-hybridized carbons (Fsp3) is 0.895. The lowest BCUT2D eigenvalue weighted by molar-refractivity contribution is -0.139. The van der Waals surface area contributed by atoms with Crippen LogP contribution in [-0.2, 0) is 9.53 Å². The summed E-state index contributed by atoms with van der Waals surface area (Å²) in [4.78, 5) is 31.6. The van der Waals surface area contributed by atoms with Crippen LogP contribution in [0.5, 0.6) is 0 Å². The number of aliphatic carboxylic acids is 1. The Bertz CT molecular complexity index is 516. The maximum absolute atomic E-state index is 12.4. The van der Waals surface area contributed by atoms with Gasteiger partial charge in [0.05, 0.1) is 12.6 Å². The van der Waals surface area contributed by atoms with E-state index in [2.05, 4.69) is 23.8 Å². The molecule has 1 N–H and O–H groups in total. The van der Waals surface area contributed by atoms with Crippen molar-refractivity contribution >= 4 is 12.1 Å². The maximum atomic E-state index is 12.4. The smallest absolute Gasteiger partial charge is 0.411 e. The highest BCUT2D eigenvalue weighted by molar-refractivity contribution is 5.70. The Morgan fingerprint density at radius 2 is 1.81 bits per heavy atom. The van der Waals surface area contributed by atoms with E-state index in [0.717, 1.165) is 32.0 Å². The molecular weight excluding hydrogens is 348 g/mol. The third-order valence-electron chi connectivity index (χ3n) is 6.34. The minimum absolute atomic E-state index is 0.0426. The number of hydrogen-bond acceptors (Lipinski definition) is 6. The summed E-state index contributed by atoms with van der Waals surface area (Å²) < 4.78 is 5.67. The van der Waals surface area contributed by atoms with Crippen LogP contribution >= 0.6 is 0 Å². The van der Waals surface area contributed by atoms with Gasteiger partial charge in [-0.15, -0.1) is 0 Å². The lowest BCUT2D eigenvalue weighted by Crippen LogP contribution is -2.54. The number of carbonyl (C=O) groups excluding carboxylic acids is 1. The van der Waals surface area contributed by atoms with E-state index in [-0.39, 0.29) is 24.9 Å². The second-order valence-electron chi connectivity index (χ2n) is 8.30. The highest BCUT2D eigenvalue weighted by atomic mass is 16.6. The van der Waals surface area contributed by atoms with Gasteiger partial charge in [-0.05, 0) is 58.7 Å². The number of ether oxygens (including phenoxy) is 1. The van der Waals surface area contributed by atoms with Crippen molar-refractivity contribution in [2.45, 2.75) is 44.9 Å². The Labute approximate surface area is 162 Å². The van der Waals surface area contributed by atoms with Crippen molar-refractivity contribution in [2.24, 2.45) is 5.92 Å². The van der Waals surface area contributed by atoms with E-state index in [1.54, 1.807) is 0 Å². The molecule has 0 spiro atoms. The summed E-state index contributed by atoms with van der Waals surface area (Å²) in [5, 5.41) is 8.91. The Balaban J connectivity index is 1.42. The topological polar surface area (TPSA) is 76.6 Å². The number of carboxylic acid groups (broad SMARTS) is 1. The molecule has 8 heteroatoms. The van der Waals surface area contributed by atoms with Gasteiger partial charge in [-0.3, -0.25) is 14.6 Å². The minimum atomic E-state index is -0.792. The molecule has 2 unspecified atom stereocenters. The molecule has 0 radical (unpaired) electrons. The zero-order valence-corrected chi connectivity index (χ0v) is 16.7. The zero-order valence-electron chi connectivity index (χ0n) is 16.7. The first-order valence-corrected chi connectivity index (χ1v) is 10.3. The molecule has 0 aromatic rings. The van der Waals surface area contributed by atoms with Gasteiger partial charge in [0.2, 0.25) is 0 Å². The van der Waals surface area contributed by atoms with Crippen molar-refractivity contribution in [3.05, 3.63) is 0 Å². The Kier molecular flexibility index (Phi) is 6.94. The largest absolute Gasteiger partial charge is 0.480 e. The molecule has 0 aliphatic carbocycles. The first-order valence-electron chi connectivity index (χ1n) is 10.3. The van der Waals surface area contributed by atoms with Crippen molar-refractivity contribution < 1.29 is 19.4 Å². The fourth-order valence-electron chi connectivity index (χ4n) is 4.53. The van der Waals surface area contributed by atoms with E-state index >= 15 is 0 Å². The lowest BCUT2D eigenvalue weighted by atomic mass is 9.92. The van der Waals surface area contributed by atoms with E-state index < -0.39 is 5.97 Å². The molecule has 2 atom stereocenters. The van der Waals surface area contributed by atoms with Gasteiger partial charge in [0.15, 0.2) is 6.23 Å². The number of carboxylic acids is 1. The van der Waals surface area contributed by atoms with Gasteiger partial charge in [0, 0.05) is 32.7 Å². The van der Waals surface area contributed by atoms with E-state index in [0.29, 0.717) is 13.1 Å². The molecule has 3 aliphatic heterocycles. The van der Waals surface area contributed by atoms with E-state index in [9.17, 15) is 9.59 Å². The van der Waals surface area contributed by atoms with Crippen molar-refractivity contribution in [3.63, 3.8) is 0 Å². The van der Waals surface area contributed by atoms with Crippen molar-refractivity contribution in [1.82, 2.24) is 19.6 Å². The molecule has 3 heterocycles. The molecule has 3 saturated heterocycles. The number of rotatable bonds is 7. The first kappa shape index (κ1) is 20.4. The van der Waals surface area contributed by atoms with Crippen LogP contribution < -0.4 is 0 Å². The highest BCUT2D eigenvalue weighted by Crippen LogP contribution is 2.26. The molecule has 3 aliphatic rings. The number of amides is 1. The van der Waals surface area contributed by atoms with Gasteiger partial charge >= 0.3 is 12.1 Å². The molecule has 3 fully saturated rings. The summed E-state index contributed by atoms with van der Waals surface area (Å²) in [6.45, 7) is 8.14. The maximum Gasteiger partial charge on any atom is 0.411 e. The van der Waals surface area contributed by atoms with Gasteiger partial charge in [0.1, 0.15) is 0 Å². The molecule has 27 heavy (non-hydrogen) atoms. The summed E-state index contributed by atoms with van der Waals surface area (Å²) in [5.74, 6) is -0.00635. The molecule has 8 nitrogen and oxygen atoms in total. The quantitative estimate of drug-likeness (QED) is 0.703. The van der Waals surface area contributed by atoms with Crippen LogP contribution in [-0.4, -0.2) is 108 Å². The van der Waals surface area contributed by atoms with Crippen molar-refractivity contribution in [2.75, 3.05) is 59.4 Å². The van der Waals surface area contributed by atoms with Crippen LogP contribution in [0.3, 0.4) is 0 Å². The normalized spacial score (nSPS) is 29.3. The molecule has 154 valence electrons. The monoisotopic (exact) mass is 382 g/mol. The van der Waals surface area contributed by atoms with Crippen LogP contribution in [0.15, 0.2) is 0 Å². The van der Waals surface area contributed by atoms with Crippen molar-refractivity contribution in [1.29, 1.82) is 0 Å². The summed E-state index contributed by atoms with van der Waals surface area (Å²) in [5.41, 5.74) is 0. The SMILES string of the molecule is CC1C(N2CCN(CC(=O)O)CC2)OC(=O)N1CCCC1CCN(C)CC1. The average molecular weight is 383 g/mol. The fourth-order valence-corrected chi connectivity index (χ4v) is 4.53. The first-order chi connectivity index (χ1) is 12.9. The van der Waals surface area contributed by atoms with Gasteiger partial charge in [-0.25, -0.2) is 4.79 Å². The highest BCUT2D eigenvalue weighted by Gasteiger charge is 2.42. The number of cyclic esters (lactones) is 1. The summed E-state index contributed by atoms with van der Waals surface area (Å²) in [7, 11) is 2.18. The van der Waals surface area contributed by atoms with Crippen LogP contribution in [0.4, 0.5) is 4.79 Å². The van der Waals surface area contributed by atoms with E-state index in [1.807, 2.05) is 9.80 Å². The average Bonchev–Trinajstić information content (AvgIpc) is 2.92. The van der Waals surface area contributed by atoms with Gasteiger partial charge in [-0.2, -0.15) is 0 Å². The summed E-state index contributed by atoms with van der Waals surface area (Å²) in [6.07, 6.45) is 4.33. The number of hydrogen-bond donors (Lipinski definition) is 1. The number of carbonyl (C=O) groups is 2. The molecular formula is C19H34N4O4. The van der Waals surface area contributed by atoms with Crippen LogP contribution in [0.25, 0.3) is 0 Å². The van der Waals surface area contributed by atoms with Gasteiger partial charge in [-0.1, -0.05) is 0 Å². The second-order valence-corrected chi connectivity index (χ2v) is 8.30. The number of nitrogens with zero attached hydrogens (tertiary/aromatic N) is 4. The molecule has 0 bridgehead atoms. The third-order valence-corrected chi connectivity index (χ3v) is 6.34. The van der Waals surface area contributed by atoms with Crippen molar-refractivity contribution in [3.8, 4) is 0 Å². The standard InChI is InChI=1S/C19H34N4O4/c1-15-18(22-12-10-21(11-13-22)14-17(24)25)27-19(26)23(15)7-3-4-16-5-8-20(2)9-6-16/h15-16,18H,3-14H2,1-2H3,(H,24,25). The van der Waals surface area contributed by atoms with Gasteiger partial charge in [0.25, 0.3) is 0 Å². The molecule has 1 amide bonds. The summed E-state index contributed by atoms with van der Waals surface area (Å²) >= 11 is 0.